The predicted octanol–water partition coefficient (Wildman–Crippen LogP) is 0.508. The zero-order valence-electron chi connectivity index (χ0n) is 16.5. The van der Waals surface area contributed by atoms with Crippen LogP contribution in [-0.4, -0.2) is 80.6 Å². The van der Waals surface area contributed by atoms with Crippen molar-refractivity contribution in [2.45, 2.75) is 45.8 Å². The summed E-state index contributed by atoms with van der Waals surface area (Å²) in [4.78, 5) is 29.2. The molecule has 1 saturated heterocycles. The minimum absolute atomic E-state index is 0.0301. The minimum Gasteiger partial charge on any atom is -0.351 e. The van der Waals surface area contributed by atoms with Gasteiger partial charge in [-0.2, -0.15) is 11.8 Å². The maximum Gasteiger partial charge on any atom is 0.230 e. The minimum atomic E-state index is -0.0301. The Bertz CT molecular complexity index is 679. The van der Waals surface area contributed by atoms with Crippen LogP contribution in [0.15, 0.2) is 0 Å². The van der Waals surface area contributed by atoms with E-state index in [0.29, 0.717) is 18.8 Å². The molecule has 2 aliphatic heterocycles. The van der Waals surface area contributed by atoms with Crippen molar-refractivity contribution < 1.29 is 9.59 Å². The highest BCUT2D eigenvalue weighted by molar-refractivity contribution is 7.99. The maximum absolute atomic E-state index is 13.1. The second kappa shape index (κ2) is 9.05. The fourth-order valence-electron chi connectivity index (χ4n) is 3.94. The topological polar surface area (TPSA) is 83.4 Å². The highest BCUT2D eigenvalue weighted by Crippen LogP contribution is 2.21. The van der Waals surface area contributed by atoms with E-state index in [9.17, 15) is 9.59 Å². The number of hydrogen-bond donors (Lipinski definition) is 1. The summed E-state index contributed by atoms with van der Waals surface area (Å²) < 4.78 is 2.09. The van der Waals surface area contributed by atoms with Crippen LogP contribution in [-0.2, 0) is 22.7 Å². The highest BCUT2D eigenvalue weighted by Gasteiger charge is 2.32. The molecule has 9 heteroatoms. The van der Waals surface area contributed by atoms with Crippen molar-refractivity contribution in [3.8, 4) is 0 Å². The van der Waals surface area contributed by atoms with Crippen molar-refractivity contribution in [3.63, 3.8) is 0 Å². The Kier molecular flexibility index (Phi) is 6.75. The molecule has 0 radical (unpaired) electrons. The molecule has 1 aromatic heterocycles. The van der Waals surface area contributed by atoms with E-state index in [4.69, 9.17) is 0 Å². The van der Waals surface area contributed by atoms with E-state index in [0.717, 1.165) is 49.9 Å². The van der Waals surface area contributed by atoms with Gasteiger partial charge in [-0.15, -0.1) is 10.2 Å². The van der Waals surface area contributed by atoms with Gasteiger partial charge in [-0.1, -0.05) is 6.92 Å². The first-order valence-electron chi connectivity index (χ1n) is 9.71. The van der Waals surface area contributed by atoms with Gasteiger partial charge in [0.2, 0.25) is 11.8 Å². The Balaban J connectivity index is 1.56. The number of amides is 2. The van der Waals surface area contributed by atoms with Crippen LogP contribution in [0.3, 0.4) is 0 Å². The number of carbonyl (C=O) groups excluding carboxylic acids is 2. The molecule has 3 rings (SSSR count). The molecule has 8 nitrogen and oxygen atoms in total. The summed E-state index contributed by atoms with van der Waals surface area (Å²) in [7, 11) is 2.03. The first-order valence-corrected chi connectivity index (χ1v) is 10.9. The van der Waals surface area contributed by atoms with Crippen molar-refractivity contribution in [2.75, 3.05) is 38.2 Å². The summed E-state index contributed by atoms with van der Waals surface area (Å²) in [5.74, 6) is 3.49. The number of carbonyl (C=O) groups is 2. The van der Waals surface area contributed by atoms with Crippen molar-refractivity contribution in [1.29, 1.82) is 0 Å². The zero-order chi connectivity index (χ0) is 19.4. The molecule has 1 fully saturated rings. The van der Waals surface area contributed by atoms with Gasteiger partial charge in [-0.25, -0.2) is 0 Å². The summed E-state index contributed by atoms with van der Waals surface area (Å²) in [6, 6.07) is 0.116. The lowest BCUT2D eigenvalue weighted by atomic mass is 10.00. The van der Waals surface area contributed by atoms with Crippen LogP contribution in [0.1, 0.15) is 31.4 Å². The van der Waals surface area contributed by atoms with Gasteiger partial charge in [0.15, 0.2) is 5.82 Å². The summed E-state index contributed by atoms with van der Waals surface area (Å²) in [6.07, 6.45) is 1.64. The Labute approximate surface area is 165 Å². The first kappa shape index (κ1) is 20.1. The van der Waals surface area contributed by atoms with E-state index in [1.165, 1.54) is 0 Å². The standard InChI is InChI=1S/C18H30N6O2S/c1-4-27-12-17(25)19-15-6-5-14(9-22(3)10-15)18(26)23-7-8-24-13(2)20-21-16(24)11-23/h14-15H,4-12H2,1-3H3,(H,19,25)/t14-,15+/m1/s1. The predicted molar refractivity (Wildman–Crippen MR) is 105 cm³/mol. The molecule has 0 aromatic carbocycles. The molecular weight excluding hydrogens is 364 g/mol. The van der Waals surface area contributed by atoms with E-state index in [1.54, 1.807) is 11.8 Å². The second-order valence-corrected chi connectivity index (χ2v) is 8.75. The summed E-state index contributed by atoms with van der Waals surface area (Å²) >= 11 is 1.63. The van der Waals surface area contributed by atoms with Gasteiger partial charge in [0.05, 0.1) is 18.2 Å². The maximum atomic E-state index is 13.1. The Morgan fingerprint density at radius 2 is 2.04 bits per heavy atom. The van der Waals surface area contributed by atoms with Crippen LogP contribution in [0, 0.1) is 12.8 Å². The van der Waals surface area contributed by atoms with Crippen molar-refractivity contribution >= 4 is 23.6 Å². The summed E-state index contributed by atoms with van der Waals surface area (Å²) in [6.45, 7) is 7.53. The van der Waals surface area contributed by atoms with E-state index >= 15 is 0 Å². The second-order valence-electron chi connectivity index (χ2n) is 7.47. The molecule has 0 spiro atoms. The van der Waals surface area contributed by atoms with Crippen LogP contribution in [0.4, 0.5) is 0 Å². The molecule has 3 heterocycles. The molecule has 2 atom stereocenters. The normalized spacial score (nSPS) is 23.6. The van der Waals surface area contributed by atoms with Gasteiger partial charge < -0.3 is 19.7 Å². The number of fused-ring (bicyclic) bond motifs is 1. The Morgan fingerprint density at radius 3 is 2.81 bits per heavy atom. The van der Waals surface area contributed by atoms with Gasteiger partial charge >= 0.3 is 0 Å². The van der Waals surface area contributed by atoms with Gasteiger partial charge in [0.25, 0.3) is 0 Å². The van der Waals surface area contributed by atoms with E-state index < -0.39 is 0 Å². The average Bonchev–Trinajstić information content (AvgIpc) is 2.92. The molecule has 1 N–H and O–H groups in total. The number of hydrogen-bond acceptors (Lipinski definition) is 6. The number of thioether (sulfide) groups is 1. The number of nitrogens with zero attached hydrogens (tertiary/aromatic N) is 5. The Hall–Kier alpha value is -1.61. The third-order valence-corrected chi connectivity index (χ3v) is 6.20. The van der Waals surface area contributed by atoms with Crippen molar-refractivity contribution in [1.82, 2.24) is 29.9 Å². The average molecular weight is 395 g/mol. The van der Waals surface area contributed by atoms with Crippen LogP contribution >= 0.6 is 11.8 Å². The van der Waals surface area contributed by atoms with E-state index in [1.807, 2.05) is 18.9 Å². The SMILES string of the molecule is CCSCC(=O)N[C@H]1CC[C@@H](C(=O)N2CCn3c(C)nnc3C2)CN(C)C1. The molecule has 27 heavy (non-hydrogen) atoms. The first-order chi connectivity index (χ1) is 13.0. The van der Waals surface area contributed by atoms with Gasteiger partial charge in [0, 0.05) is 32.2 Å². The zero-order valence-corrected chi connectivity index (χ0v) is 17.3. The summed E-state index contributed by atoms with van der Waals surface area (Å²) in [5.41, 5.74) is 0. The highest BCUT2D eigenvalue weighted by atomic mass is 32.2. The molecule has 150 valence electrons. The lowest BCUT2D eigenvalue weighted by Crippen LogP contribution is -2.44. The third kappa shape index (κ3) is 5.01. The van der Waals surface area contributed by atoms with Gasteiger partial charge in [-0.3, -0.25) is 9.59 Å². The number of likely N-dealkylation sites (N-methyl/N-ethyl adjacent to an activating group) is 1. The fourth-order valence-corrected chi connectivity index (χ4v) is 4.42. The quantitative estimate of drug-likeness (QED) is 0.783. The summed E-state index contributed by atoms with van der Waals surface area (Å²) in [5, 5.41) is 11.4. The lowest BCUT2D eigenvalue weighted by Gasteiger charge is -2.31. The third-order valence-electron chi connectivity index (χ3n) is 5.33. The molecular formula is C18H30N6O2S. The van der Waals surface area contributed by atoms with Crippen LogP contribution < -0.4 is 5.32 Å². The number of rotatable bonds is 5. The molecule has 1 aromatic rings. The molecule has 0 bridgehead atoms. The largest absolute Gasteiger partial charge is 0.351 e. The smallest absolute Gasteiger partial charge is 0.230 e. The molecule has 2 amide bonds. The van der Waals surface area contributed by atoms with Gasteiger partial charge in [0.1, 0.15) is 5.82 Å². The van der Waals surface area contributed by atoms with Crippen LogP contribution in [0.2, 0.25) is 0 Å². The van der Waals surface area contributed by atoms with E-state index in [2.05, 4.69) is 31.9 Å². The number of nitrogens with one attached hydrogen (secondary N) is 1. The number of likely N-dealkylation sites (tertiary alicyclic amines) is 1. The van der Waals surface area contributed by atoms with Crippen LogP contribution in [0.5, 0.6) is 0 Å². The van der Waals surface area contributed by atoms with Crippen LogP contribution in [0.25, 0.3) is 0 Å². The molecule has 0 saturated carbocycles. The number of aryl methyl sites for hydroxylation is 1. The lowest BCUT2D eigenvalue weighted by molar-refractivity contribution is -0.137. The molecule has 0 aliphatic carbocycles. The fraction of sp³-hybridized carbons (Fsp3) is 0.778. The van der Waals surface area contributed by atoms with E-state index in [-0.39, 0.29) is 23.8 Å². The Morgan fingerprint density at radius 1 is 1.22 bits per heavy atom. The number of aromatic nitrogens is 3. The van der Waals surface area contributed by atoms with Crippen molar-refractivity contribution in [2.24, 2.45) is 5.92 Å². The molecule has 2 aliphatic rings. The van der Waals surface area contributed by atoms with Crippen molar-refractivity contribution in [3.05, 3.63) is 11.6 Å². The molecule has 0 unspecified atom stereocenters. The monoisotopic (exact) mass is 394 g/mol. The van der Waals surface area contributed by atoms with Gasteiger partial charge in [-0.05, 0) is 32.6 Å².